The number of piperidine rings is 2. The summed E-state index contributed by atoms with van der Waals surface area (Å²) in [4.78, 5) is 26.3. The fraction of sp³-hybridized carbons (Fsp3) is 0.875. The van der Waals surface area contributed by atoms with E-state index in [1.807, 2.05) is 6.92 Å². The van der Waals surface area contributed by atoms with Gasteiger partial charge in [-0.25, -0.2) is 0 Å². The number of likely N-dealkylation sites (tertiary alicyclic amines) is 1. The Balaban J connectivity index is 1.90. The molecule has 2 saturated heterocycles. The smallest absolute Gasteiger partial charge is 0.242 e. The maximum absolute atomic E-state index is 12.5. The number of amides is 2. The maximum atomic E-state index is 12.5. The van der Waals surface area contributed by atoms with Crippen molar-refractivity contribution >= 4 is 11.8 Å². The van der Waals surface area contributed by atoms with Gasteiger partial charge >= 0.3 is 0 Å². The maximum Gasteiger partial charge on any atom is 0.242 e. The number of carbonyl (C=O) groups excluding carboxylic acids is 2. The van der Waals surface area contributed by atoms with E-state index in [1.54, 1.807) is 4.90 Å². The third-order valence-corrected chi connectivity index (χ3v) is 4.93. The van der Waals surface area contributed by atoms with Gasteiger partial charge in [0.1, 0.15) is 6.04 Å². The van der Waals surface area contributed by atoms with Gasteiger partial charge in [-0.05, 0) is 50.6 Å². The molecule has 2 fully saturated rings. The zero-order valence-electron chi connectivity index (χ0n) is 13.4. The molecule has 2 aliphatic rings. The SMILES string of the molecule is CCC(=O)N1CCCCC1C(=O)NCC1(C)CCNCC1. The monoisotopic (exact) mass is 295 g/mol. The quantitative estimate of drug-likeness (QED) is 0.821. The molecule has 2 heterocycles. The molecule has 0 spiro atoms. The summed E-state index contributed by atoms with van der Waals surface area (Å²) < 4.78 is 0. The van der Waals surface area contributed by atoms with E-state index in [0.717, 1.165) is 58.3 Å². The van der Waals surface area contributed by atoms with Gasteiger partial charge in [0.15, 0.2) is 0 Å². The van der Waals surface area contributed by atoms with Crippen LogP contribution in [0.2, 0.25) is 0 Å². The molecule has 21 heavy (non-hydrogen) atoms. The van der Waals surface area contributed by atoms with Crippen molar-refractivity contribution < 1.29 is 9.59 Å². The zero-order valence-corrected chi connectivity index (χ0v) is 13.4. The van der Waals surface area contributed by atoms with Gasteiger partial charge in [0, 0.05) is 19.5 Å². The van der Waals surface area contributed by atoms with Crippen LogP contribution in [0.3, 0.4) is 0 Å². The Kier molecular flexibility index (Phi) is 5.62. The number of carbonyl (C=O) groups is 2. The number of hydrogen-bond acceptors (Lipinski definition) is 3. The summed E-state index contributed by atoms with van der Waals surface area (Å²) >= 11 is 0. The molecule has 5 nitrogen and oxygen atoms in total. The third-order valence-electron chi connectivity index (χ3n) is 4.93. The molecule has 5 heteroatoms. The second-order valence-electron chi connectivity index (χ2n) is 6.73. The summed E-state index contributed by atoms with van der Waals surface area (Å²) in [5.74, 6) is 0.138. The predicted octanol–water partition coefficient (Wildman–Crippen LogP) is 1.28. The number of hydrogen-bond donors (Lipinski definition) is 2. The Morgan fingerprint density at radius 3 is 2.67 bits per heavy atom. The molecule has 0 radical (unpaired) electrons. The molecule has 1 atom stereocenters. The van der Waals surface area contributed by atoms with Crippen molar-refractivity contribution in [1.82, 2.24) is 15.5 Å². The lowest BCUT2D eigenvalue weighted by Gasteiger charge is -2.37. The number of nitrogens with zero attached hydrogens (tertiary/aromatic N) is 1. The molecule has 0 aromatic heterocycles. The first kappa shape index (κ1) is 16.3. The summed E-state index contributed by atoms with van der Waals surface area (Å²) in [5, 5.41) is 6.47. The van der Waals surface area contributed by atoms with Crippen LogP contribution >= 0.6 is 0 Å². The van der Waals surface area contributed by atoms with Gasteiger partial charge in [-0.15, -0.1) is 0 Å². The first-order valence-corrected chi connectivity index (χ1v) is 8.34. The van der Waals surface area contributed by atoms with Crippen LogP contribution < -0.4 is 10.6 Å². The molecule has 0 bridgehead atoms. The van der Waals surface area contributed by atoms with E-state index in [-0.39, 0.29) is 23.3 Å². The standard InChI is InChI=1S/C16H29N3O2/c1-3-14(20)19-11-5-4-6-13(19)15(21)18-12-16(2)7-9-17-10-8-16/h13,17H,3-12H2,1-2H3,(H,18,21). The normalized spacial score (nSPS) is 25.4. The van der Waals surface area contributed by atoms with Crippen LogP contribution in [0.1, 0.15) is 52.4 Å². The minimum absolute atomic E-state index is 0.0382. The van der Waals surface area contributed by atoms with E-state index in [2.05, 4.69) is 17.6 Å². The molecule has 2 amide bonds. The van der Waals surface area contributed by atoms with E-state index >= 15 is 0 Å². The minimum atomic E-state index is -0.253. The molecule has 1 unspecified atom stereocenters. The van der Waals surface area contributed by atoms with Crippen molar-refractivity contribution in [2.75, 3.05) is 26.2 Å². The van der Waals surface area contributed by atoms with Crippen molar-refractivity contribution in [1.29, 1.82) is 0 Å². The van der Waals surface area contributed by atoms with Crippen molar-refractivity contribution in [2.24, 2.45) is 5.41 Å². The molecule has 0 aromatic carbocycles. The van der Waals surface area contributed by atoms with Crippen molar-refractivity contribution in [3.05, 3.63) is 0 Å². The highest BCUT2D eigenvalue weighted by molar-refractivity contribution is 5.87. The lowest BCUT2D eigenvalue weighted by Crippen LogP contribution is -2.53. The van der Waals surface area contributed by atoms with E-state index in [1.165, 1.54) is 0 Å². The fourth-order valence-corrected chi connectivity index (χ4v) is 3.33. The Labute approximate surface area is 127 Å². The summed E-state index contributed by atoms with van der Waals surface area (Å²) in [6.07, 6.45) is 5.51. The highest BCUT2D eigenvalue weighted by atomic mass is 16.2. The Bertz CT molecular complexity index is 378. The second-order valence-corrected chi connectivity index (χ2v) is 6.73. The highest BCUT2D eigenvalue weighted by Crippen LogP contribution is 2.27. The Morgan fingerprint density at radius 1 is 1.29 bits per heavy atom. The first-order chi connectivity index (χ1) is 10.1. The molecule has 0 aromatic rings. The highest BCUT2D eigenvalue weighted by Gasteiger charge is 2.33. The Hall–Kier alpha value is -1.10. The fourth-order valence-electron chi connectivity index (χ4n) is 3.33. The summed E-state index contributed by atoms with van der Waals surface area (Å²) in [6.45, 7) is 7.60. The summed E-state index contributed by atoms with van der Waals surface area (Å²) in [7, 11) is 0. The van der Waals surface area contributed by atoms with Crippen LogP contribution in [0.4, 0.5) is 0 Å². The van der Waals surface area contributed by atoms with E-state index in [0.29, 0.717) is 6.42 Å². The molecular formula is C16H29N3O2. The van der Waals surface area contributed by atoms with Crippen molar-refractivity contribution in [3.8, 4) is 0 Å². The van der Waals surface area contributed by atoms with Crippen molar-refractivity contribution in [3.63, 3.8) is 0 Å². The van der Waals surface area contributed by atoms with Gasteiger partial charge in [-0.3, -0.25) is 9.59 Å². The van der Waals surface area contributed by atoms with Gasteiger partial charge in [-0.2, -0.15) is 0 Å². The van der Waals surface area contributed by atoms with Gasteiger partial charge in [0.25, 0.3) is 0 Å². The lowest BCUT2D eigenvalue weighted by atomic mass is 9.81. The van der Waals surface area contributed by atoms with Gasteiger partial charge in [-0.1, -0.05) is 13.8 Å². The first-order valence-electron chi connectivity index (χ1n) is 8.34. The summed E-state index contributed by atoms with van der Waals surface area (Å²) in [5.41, 5.74) is 0.190. The molecular weight excluding hydrogens is 266 g/mol. The molecule has 120 valence electrons. The lowest BCUT2D eigenvalue weighted by molar-refractivity contribution is -0.142. The number of rotatable bonds is 4. The molecule has 2 N–H and O–H groups in total. The minimum Gasteiger partial charge on any atom is -0.354 e. The van der Waals surface area contributed by atoms with Gasteiger partial charge < -0.3 is 15.5 Å². The molecule has 0 aliphatic carbocycles. The van der Waals surface area contributed by atoms with Crippen LogP contribution in [0.5, 0.6) is 0 Å². The third kappa shape index (κ3) is 4.19. The van der Waals surface area contributed by atoms with Crippen LogP contribution in [0, 0.1) is 5.41 Å². The van der Waals surface area contributed by atoms with Crippen LogP contribution in [-0.2, 0) is 9.59 Å². The topological polar surface area (TPSA) is 61.4 Å². The van der Waals surface area contributed by atoms with Gasteiger partial charge in [0.05, 0.1) is 0 Å². The predicted molar refractivity (Wildman–Crippen MR) is 82.9 cm³/mol. The molecule has 2 aliphatic heterocycles. The van der Waals surface area contributed by atoms with Crippen LogP contribution in [0.25, 0.3) is 0 Å². The largest absolute Gasteiger partial charge is 0.354 e. The van der Waals surface area contributed by atoms with Crippen molar-refractivity contribution in [2.45, 2.75) is 58.4 Å². The molecule has 0 saturated carbocycles. The zero-order chi connectivity index (χ0) is 15.3. The average molecular weight is 295 g/mol. The van der Waals surface area contributed by atoms with Gasteiger partial charge in [0.2, 0.25) is 11.8 Å². The number of nitrogens with one attached hydrogen (secondary N) is 2. The average Bonchev–Trinajstić information content (AvgIpc) is 2.52. The van der Waals surface area contributed by atoms with E-state index < -0.39 is 0 Å². The van der Waals surface area contributed by atoms with E-state index in [4.69, 9.17) is 0 Å². The summed E-state index contributed by atoms with van der Waals surface area (Å²) in [6, 6.07) is -0.253. The van der Waals surface area contributed by atoms with Crippen LogP contribution in [-0.4, -0.2) is 48.9 Å². The molecule has 2 rings (SSSR count). The van der Waals surface area contributed by atoms with E-state index in [9.17, 15) is 9.59 Å². The second kappa shape index (κ2) is 7.25. The van der Waals surface area contributed by atoms with Crippen LogP contribution in [0.15, 0.2) is 0 Å². The Morgan fingerprint density at radius 2 is 2.00 bits per heavy atom.